The van der Waals surface area contributed by atoms with Gasteiger partial charge in [-0.15, -0.1) is 0 Å². The molecule has 0 radical (unpaired) electrons. The topological polar surface area (TPSA) is 167 Å². The van der Waals surface area contributed by atoms with E-state index in [1.54, 1.807) is 6.92 Å². The Kier molecular flexibility index (Phi) is 5.12. The zero-order valence-corrected chi connectivity index (χ0v) is 18.8. The van der Waals surface area contributed by atoms with Crippen LogP contribution in [0.2, 0.25) is 5.02 Å². The number of ether oxygens (including phenoxy) is 1. The zero-order chi connectivity index (χ0) is 24.6. The van der Waals surface area contributed by atoms with Crippen LogP contribution >= 0.6 is 11.6 Å². The molecule has 0 saturated heterocycles. The molecule has 0 bridgehead atoms. The van der Waals surface area contributed by atoms with Gasteiger partial charge in [-0.05, 0) is 39.6 Å². The predicted octanol–water partition coefficient (Wildman–Crippen LogP) is 0.568. The van der Waals surface area contributed by atoms with E-state index in [0.717, 1.165) is 0 Å². The summed E-state index contributed by atoms with van der Waals surface area (Å²) in [6, 6.07) is 1.49. The summed E-state index contributed by atoms with van der Waals surface area (Å²) in [6.45, 7) is 1.55. The van der Waals surface area contributed by atoms with Crippen molar-refractivity contribution in [1.29, 1.82) is 0 Å². The van der Waals surface area contributed by atoms with Crippen LogP contribution in [-0.2, 0) is 24.7 Å². The maximum atomic E-state index is 13.3. The van der Waals surface area contributed by atoms with Crippen molar-refractivity contribution < 1.29 is 39.2 Å². The van der Waals surface area contributed by atoms with Crippen LogP contribution in [0.4, 0.5) is 0 Å². The number of nitrogens with zero attached hydrogens (tertiary/aromatic N) is 1. The summed E-state index contributed by atoms with van der Waals surface area (Å²) in [5, 5.41) is 32.4. The molecule has 0 unspecified atom stereocenters. The summed E-state index contributed by atoms with van der Waals surface area (Å²) in [5.74, 6) is -7.08. The molecule has 5 atom stereocenters. The Morgan fingerprint density at radius 3 is 2.45 bits per heavy atom. The minimum absolute atomic E-state index is 0.0534. The Hall–Kier alpha value is -2.95. The summed E-state index contributed by atoms with van der Waals surface area (Å²) in [6.07, 6.45) is -0.422. The zero-order valence-electron chi connectivity index (χ0n) is 18.1. The lowest BCUT2D eigenvalue weighted by Gasteiger charge is -2.50. The van der Waals surface area contributed by atoms with Crippen molar-refractivity contribution in [3.63, 3.8) is 0 Å². The van der Waals surface area contributed by atoms with Crippen molar-refractivity contribution in [3.05, 3.63) is 39.6 Å². The fourth-order valence-electron chi connectivity index (χ4n) is 5.54. The number of amides is 1. The number of esters is 1. The van der Waals surface area contributed by atoms with E-state index >= 15 is 0 Å². The van der Waals surface area contributed by atoms with Gasteiger partial charge in [0.05, 0.1) is 6.04 Å². The summed E-state index contributed by atoms with van der Waals surface area (Å²) in [5.41, 5.74) is 0.581. The van der Waals surface area contributed by atoms with Gasteiger partial charge in [-0.1, -0.05) is 11.6 Å². The molecule has 0 spiro atoms. The molecule has 1 heterocycles. The molecular formula is C22H23ClN2O8. The standard InChI is InChI=1S/C22H23ClN2O8/c1-21(15-10(23)4-5-11(26)13(15)20(31)33-21)8-6-9-16(25(2)3)17(28)14(19(24)30)18(29)22(9,32)12(27)7-8/h4-5,8-9,16,26,29,32H,6-7H2,1-3H3,(H2,24,30)/t8-,9-,16-,21+,22-/m0/s1. The number of fused-ring (bicyclic) bond motifs is 2. The minimum atomic E-state index is -2.52. The second-order valence-electron chi connectivity index (χ2n) is 9.11. The highest BCUT2D eigenvalue weighted by Crippen LogP contribution is 2.55. The van der Waals surface area contributed by atoms with Crippen LogP contribution < -0.4 is 5.73 Å². The van der Waals surface area contributed by atoms with Crippen molar-refractivity contribution in [2.45, 2.75) is 37.0 Å². The molecule has 1 saturated carbocycles. The summed E-state index contributed by atoms with van der Waals surface area (Å²) < 4.78 is 5.63. The van der Waals surface area contributed by atoms with Gasteiger partial charge in [0.2, 0.25) is 0 Å². The lowest BCUT2D eigenvalue weighted by atomic mass is 9.58. The number of benzene rings is 1. The molecule has 10 nitrogen and oxygen atoms in total. The van der Waals surface area contributed by atoms with Gasteiger partial charge in [0.25, 0.3) is 5.91 Å². The average molecular weight is 479 g/mol. The van der Waals surface area contributed by atoms with Gasteiger partial charge in [0.15, 0.2) is 17.2 Å². The minimum Gasteiger partial charge on any atom is -0.508 e. The van der Waals surface area contributed by atoms with Gasteiger partial charge in [-0.3, -0.25) is 19.3 Å². The lowest BCUT2D eigenvalue weighted by Crippen LogP contribution is -2.65. The highest BCUT2D eigenvalue weighted by molar-refractivity contribution is 6.32. The number of rotatable bonds is 3. The average Bonchev–Trinajstić information content (AvgIpc) is 2.99. The number of nitrogens with two attached hydrogens (primary N) is 1. The summed E-state index contributed by atoms with van der Waals surface area (Å²) in [7, 11) is 3.05. The third-order valence-electron chi connectivity index (χ3n) is 7.15. The van der Waals surface area contributed by atoms with E-state index in [-0.39, 0.29) is 34.7 Å². The molecule has 1 aliphatic heterocycles. The summed E-state index contributed by atoms with van der Waals surface area (Å²) in [4.78, 5) is 52.3. The third-order valence-corrected chi connectivity index (χ3v) is 7.46. The highest BCUT2D eigenvalue weighted by Gasteiger charge is 2.64. The van der Waals surface area contributed by atoms with Crippen molar-refractivity contribution in [1.82, 2.24) is 4.90 Å². The number of aromatic hydroxyl groups is 1. The predicted molar refractivity (Wildman–Crippen MR) is 113 cm³/mol. The van der Waals surface area contributed by atoms with Gasteiger partial charge >= 0.3 is 5.97 Å². The van der Waals surface area contributed by atoms with Crippen LogP contribution in [0, 0.1) is 11.8 Å². The first kappa shape index (κ1) is 23.2. The number of cyclic esters (lactones) is 1. The van der Waals surface area contributed by atoms with E-state index in [1.807, 2.05) is 0 Å². The maximum absolute atomic E-state index is 13.3. The van der Waals surface area contributed by atoms with Crippen LogP contribution in [0.3, 0.4) is 0 Å². The number of hydrogen-bond donors (Lipinski definition) is 4. The first-order valence-electron chi connectivity index (χ1n) is 10.2. The number of primary amides is 1. The monoisotopic (exact) mass is 478 g/mol. The van der Waals surface area contributed by atoms with Crippen LogP contribution in [0.1, 0.15) is 35.7 Å². The van der Waals surface area contributed by atoms with Crippen molar-refractivity contribution in [3.8, 4) is 5.75 Å². The fourth-order valence-corrected chi connectivity index (χ4v) is 5.89. The van der Waals surface area contributed by atoms with Crippen molar-refractivity contribution in [2.24, 2.45) is 17.6 Å². The number of ketones is 2. The number of carbonyl (C=O) groups is 4. The molecule has 11 heteroatoms. The molecule has 33 heavy (non-hydrogen) atoms. The molecule has 5 N–H and O–H groups in total. The number of aliphatic hydroxyl groups excluding tert-OH is 1. The molecule has 2 aliphatic carbocycles. The normalized spacial score (nSPS) is 33.8. The van der Waals surface area contributed by atoms with E-state index in [2.05, 4.69) is 0 Å². The van der Waals surface area contributed by atoms with E-state index in [1.165, 1.54) is 31.1 Å². The quantitative estimate of drug-likeness (QED) is 0.358. The fraction of sp³-hybridized carbons (Fsp3) is 0.455. The maximum Gasteiger partial charge on any atom is 0.343 e. The molecule has 1 aromatic carbocycles. The van der Waals surface area contributed by atoms with E-state index in [4.69, 9.17) is 22.1 Å². The number of aliphatic hydroxyl groups is 2. The second-order valence-corrected chi connectivity index (χ2v) is 9.51. The molecule has 1 aromatic rings. The number of phenolic OH excluding ortho intramolecular Hbond substituents is 1. The molecule has 3 aliphatic rings. The van der Waals surface area contributed by atoms with Gasteiger partial charge < -0.3 is 25.8 Å². The van der Waals surface area contributed by atoms with Crippen LogP contribution in [0.15, 0.2) is 23.5 Å². The number of carbonyl (C=O) groups excluding carboxylic acids is 4. The molecular weight excluding hydrogens is 456 g/mol. The molecule has 1 amide bonds. The smallest absolute Gasteiger partial charge is 0.343 e. The van der Waals surface area contributed by atoms with Crippen molar-refractivity contribution >= 4 is 35.0 Å². The SMILES string of the molecule is CN(C)[C@@H]1C(=O)C(C(N)=O)=C(O)[C@@]2(O)C(=O)C[C@@H]([C@@]3(C)OC(=O)c4c(O)ccc(Cl)c43)C[C@@H]12. The Bertz CT molecular complexity index is 1160. The highest BCUT2D eigenvalue weighted by atomic mass is 35.5. The second kappa shape index (κ2) is 7.28. The Labute approximate surface area is 193 Å². The number of halogens is 1. The van der Waals surface area contributed by atoms with E-state index < -0.39 is 63.9 Å². The van der Waals surface area contributed by atoms with E-state index in [0.29, 0.717) is 0 Å². The van der Waals surface area contributed by atoms with Gasteiger partial charge in [0, 0.05) is 28.8 Å². The Balaban J connectivity index is 1.87. The van der Waals surface area contributed by atoms with E-state index in [9.17, 15) is 34.5 Å². The largest absolute Gasteiger partial charge is 0.508 e. The van der Waals surface area contributed by atoms with Gasteiger partial charge in [0.1, 0.15) is 28.2 Å². The third kappa shape index (κ3) is 2.94. The molecule has 1 fully saturated rings. The Morgan fingerprint density at radius 2 is 1.88 bits per heavy atom. The van der Waals surface area contributed by atoms with Crippen LogP contribution in [0.5, 0.6) is 5.75 Å². The number of Topliss-reactive ketones (excluding diaryl/α,β-unsaturated/α-hetero) is 2. The molecule has 4 rings (SSSR count). The Morgan fingerprint density at radius 1 is 1.24 bits per heavy atom. The van der Waals surface area contributed by atoms with Crippen LogP contribution in [-0.4, -0.2) is 69.4 Å². The number of hydrogen-bond acceptors (Lipinski definition) is 9. The van der Waals surface area contributed by atoms with Crippen molar-refractivity contribution in [2.75, 3.05) is 14.1 Å². The van der Waals surface area contributed by atoms with Gasteiger partial charge in [-0.2, -0.15) is 0 Å². The lowest BCUT2D eigenvalue weighted by molar-refractivity contribution is -0.166. The molecule has 0 aromatic heterocycles. The number of likely N-dealkylation sites (N-methyl/N-ethyl adjacent to an activating group) is 1. The number of phenols is 1. The van der Waals surface area contributed by atoms with Gasteiger partial charge in [-0.25, -0.2) is 4.79 Å². The first-order valence-corrected chi connectivity index (χ1v) is 10.6. The molecule has 176 valence electrons. The first-order chi connectivity index (χ1) is 15.3. The summed E-state index contributed by atoms with van der Waals surface area (Å²) >= 11 is 6.35. The van der Waals surface area contributed by atoms with Crippen LogP contribution in [0.25, 0.3) is 0 Å².